The Balaban J connectivity index is 1.50. The second-order valence-electron chi connectivity index (χ2n) is 7.22. The molecule has 2 fully saturated rings. The monoisotopic (exact) mass is 288 g/mol. The van der Waals surface area contributed by atoms with Crippen LogP contribution in [0.15, 0.2) is 30.3 Å². The molecule has 3 rings (SSSR count). The molecule has 1 aliphatic heterocycles. The van der Waals surface area contributed by atoms with Crippen LogP contribution < -0.4 is 10.6 Å². The second kappa shape index (κ2) is 6.07. The highest BCUT2D eigenvalue weighted by Crippen LogP contribution is 2.41. The molecule has 0 radical (unpaired) electrons. The van der Waals surface area contributed by atoms with Crippen molar-refractivity contribution in [3.8, 4) is 0 Å². The average Bonchev–Trinajstić information content (AvgIpc) is 2.96. The highest BCUT2D eigenvalue weighted by Gasteiger charge is 2.37. The van der Waals surface area contributed by atoms with Crippen LogP contribution in [0, 0.1) is 5.41 Å². The van der Waals surface area contributed by atoms with Gasteiger partial charge in [-0.15, -0.1) is 0 Å². The number of nitrogens with one attached hydrogen (secondary N) is 2. The topological polar surface area (TPSA) is 44.3 Å². The number of hydrogen-bond donors (Lipinski definition) is 3. The minimum atomic E-state index is -0.786. The SMILES string of the molecule is CC(O)(CNC1CCC2(CCNC2)CC1)c1ccccc1. The third kappa shape index (κ3) is 3.47. The average molecular weight is 288 g/mol. The van der Waals surface area contributed by atoms with Crippen LogP contribution in [-0.4, -0.2) is 30.8 Å². The van der Waals surface area contributed by atoms with Crippen LogP contribution in [0.25, 0.3) is 0 Å². The Morgan fingerprint density at radius 1 is 1.24 bits per heavy atom. The van der Waals surface area contributed by atoms with Crippen molar-refractivity contribution in [2.45, 2.75) is 50.7 Å². The lowest BCUT2D eigenvalue weighted by molar-refractivity contribution is 0.0494. The number of aliphatic hydroxyl groups is 1. The largest absolute Gasteiger partial charge is 0.384 e. The van der Waals surface area contributed by atoms with E-state index in [2.05, 4.69) is 10.6 Å². The Kier molecular flexibility index (Phi) is 4.34. The minimum absolute atomic E-state index is 0.561. The maximum Gasteiger partial charge on any atom is 0.0992 e. The van der Waals surface area contributed by atoms with E-state index >= 15 is 0 Å². The van der Waals surface area contributed by atoms with Crippen LogP contribution >= 0.6 is 0 Å². The number of hydrogen-bond acceptors (Lipinski definition) is 3. The van der Waals surface area contributed by atoms with E-state index < -0.39 is 5.60 Å². The van der Waals surface area contributed by atoms with Gasteiger partial charge in [-0.25, -0.2) is 0 Å². The molecule has 3 heteroatoms. The van der Waals surface area contributed by atoms with Gasteiger partial charge in [-0.05, 0) is 56.6 Å². The van der Waals surface area contributed by atoms with Crippen LogP contribution in [0.1, 0.15) is 44.6 Å². The van der Waals surface area contributed by atoms with Crippen molar-refractivity contribution in [3.05, 3.63) is 35.9 Å². The molecule has 1 unspecified atom stereocenters. The first-order valence-electron chi connectivity index (χ1n) is 8.32. The van der Waals surface area contributed by atoms with Crippen LogP contribution in [0.3, 0.4) is 0 Å². The molecule has 3 nitrogen and oxygen atoms in total. The first-order valence-corrected chi connectivity index (χ1v) is 8.32. The van der Waals surface area contributed by atoms with Gasteiger partial charge in [-0.3, -0.25) is 0 Å². The zero-order valence-corrected chi connectivity index (χ0v) is 13.1. The third-order valence-corrected chi connectivity index (χ3v) is 5.51. The summed E-state index contributed by atoms with van der Waals surface area (Å²) in [5.41, 5.74) is 0.788. The van der Waals surface area contributed by atoms with Gasteiger partial charge >= 0.3 is 0 Å². The Bertz CT molecular complexity index is 442. The first-order chi connectivity index (χ1) is 10.1. The maximum absolute atomic E-state index is 10.6. The van der Waals surface area contributed by atoms with Crippen molar-refractivity contribution >= 4 is 0 Å². The van der Waals surface area contributed by atoms with Gasteiger partial charge < -0.3 is 15.7 Å². The van der Waals surface area contributed by atoms with Gasteiger partial charge in [0.25, 0.3) is 0 Å². The van der Waals surface area contributed by atoms with Crippen molar-refractivity contribution in [1.82, 2.24) is 10.6 Å². The molecular formula is C18H28N2O. The Morgan fingerprint density at radius 3 is 2.57 bits per heavy atom. The van der Waals surface area contributed by atoms with Crippen molar-refractivity contribution in [3.63, 3.8) is 0 Å². The molecular weight excluding hydrogens is 260 g/mol. The predicted molar refractivity (Wildman–Crippen MR) is 86.2 cm³/mol. The summed E-state index contributed by atoms with van der Waals surface area (Å²) >= 11 is 0. The number of rotatable bonds is 4. The number of benzene rings is 1. The fraction of sp³-hybridized carbons (Fsp3) is 0.667. The van der Waals surface area contributed by atoms with E-state index in [1.807, 2.05) is 37.3 Å². The fourth-order valence-corrected chi connectivity index (χ4v) is 3.90. The summed E-state index contributed by atoms with van der Waals surface area (Å²) in [6.07, 6.45) is 6.48. The first kappa shape index (κ1) is 15.0. The van der Waals surface area contributed by atoms with E-state index in [4.69, 9.17) is 0 Å². The summed E-state index contributed by atoms with van der Waals surface area (Å²) in [6, 6.07) is 10.5. The molecule has 1 atom stereocenters. The van der Waals surface area contributed by atoms with Gasteiger partial charge in [0, 0.05) is 19.1 Å². The van der Waals surface area contributed by atoms with Crippen LogP contribution in [-0.2, 0) is 5.60 Å². The van der Waals surface area contributed by atoms with Gasteiger partial charge in [-0.2, -0.15) is 0 Å². The second-order valence-corrected chi connectivity index (χ2v) is 7.22. The quantitative estimate of drug-likeness (QED) is 0.797. The molecule has 1 aliphatic carbocycles. The smallest absolute Gasteiger partial charge is 0.0992 e. The zero-order chi connectivity index (χ0) is 14.8. The molecule has 1 aromatic rings. The highest BCUT2D eigenvalue weighted by atomic mass is 16.3. The summed E-state index contributed by atoms with van der Waals surface area (Å²) in [4.78, 5) is 0. The summed E-state index contributed by atoms with van der Waals surface area (Å²) in [5, 5.41) is 17.8. The van der Waals surface area contributed by atoms with Crippen molar-refractivity contribution < 1.29 is 5.11 Å². The molecule has 1 saturated carbocycles. The van der Waals surface area contributed by atoms with Crippen LogP contribution in [0.4, 0.5) is 0 Å². The van der Waals surface area contributed by atoms with Gasteiger partial charge in [0.15, 0.2) is 0 Å². The maximum atomic E-state index is 10.6. The minimum Gasteiger partial charge on any atom is -0.384 e. The van der Waals surface area contributed by atoms with Gasteiger partial charge in [0.05, 0.1) is 5.60 Å². The van der Waals surface area contributed by atoms with E-state index in [0.29, 0.717) is 18.0 Å². The van der Waals surface area contributed by atoms with E-state index in [9.17, 15) is 5.11 Å². The van der Waals surface area contributed by atoms with Gasteiger partial charge in [-0.1, -0.05) is 30.3 Å². The van der Waals surface area contributed by atoms with Crippen LogP contribution in [0.2, 0.25) is 0 Å². The molecule has 0 aromatic heterocycles. The summed E-state index contributed by atoms with van der Waals surface area (Å²) in [6.45, 7) is 4.94. The van der Waals surface area contributed by atoms with E-state index in [1.165, 1.54) is 45.2 Å². The summed E-state index contributed by atoms with van der Waals surface area (Å²) < 4.78 is 0. The Hall–Kier alpha value is -0.900. The third-order valence-electron chi connectivity index (χ3n) is 5.51. The van der Waals surface area contributed by atoms with Gasteiger partial charge in [0.2, 0.25) is 0 Å². The molecule has 1 heterocycles. The molecule has 2 aliphatic rings. The lowest BCUT2D eigenvalue weighted by Gasteiger charge is -2.38. The fourth-order valence-electron chi connectivity index (χ4n) is 3.90. The standard InChI is InChI=1S/C18H28N2O/c1-17(21,15-5-3-2-4-6-15)13-20-16-7-9-18(10-8-16)11-12-19-14-18/h2-6,16,19-21H,7-14H2,1H3. The molecule has 1 aromatic carbocycles. The Morgan fingerprint density at radius 2 is 1.95 bits per heavy atom. The molecule has 0 bridgehead atoms. The highest BCUT2D eigenvalue weighted by molar-refractivity contribution is 5.21. The molecule has 3 N–H and O–H groups in total. The Labute approximate surface area is 128 Å². The molecule has 1 saturated heterocycles. The molecule has 21 heavy (non-hydrogen) atoms. The molecule has 1 spiro atoms. The molecule has 116 valence electrons. The predicted octanol–water partition coefficient (Wildman–Crippen LogP) is 2.41. The van der Waals surface area contributed by atoms with Crippen molar-refractivity contribution in [2.24, 2.45) is 5.41 Å². The lowest BCUT2D eigenvalue weighted by Crippen LogP contribution is -2.44. The van der Waals surface area contributed by atoms with Gasteiger partial charge in [0.1, 0.15) is 0 Å². The van der Waals surface area contributed by atoms with Crippen molar-refractivity contribution in [1.29, 1.82) is 0 Å². The van der Waals surface area contributed by atoms with Crippen molar-refractivity contribution in [2.75, 3.05) is 19.6 Å². The zero-order valence-electron chi connectivity index (χ0n) is 13.1. The van der Waals surface area contributed by atoms with Crippen LogP contribution in [0.5, 0.6) is 0 Å². The summed E-state index contributed by atoms with van der Waals surface area (Å²) in [7, 11) is 0. The summed E-state index contributed by atoms with van der Waals surface area (Å²) in [5.74, 6) is 0. The molecule has 0 amide bonds. The lowest BCUT2D eigenvalue weighted by atomic mass is 9.72. The van der Waals surface area contributed by atoms with E-state index in [1.54, 1.807) is 0 Å². The van der Waals surface area contributed by atoms with E-state index in [-0.39, 0.29) is 0 Å². The van der Waals surface area contributed by atoms with E-state index in [0.717, 1.165) is 5.56 Å². The normalized spacial score (nSPS) is 32.2.